The summed E-state index contributed by atoms with van der Waals surface area (Å²) in [6.45, 7) is 11.7. The molecule has 4 N–H and O–H groups in total. The van der Waals surface area contributed by atoms with Gasteiger partial charge in [-0.15, -0.1) is 0 Å². The molecule has 3 atom stereocenters. The number of carboxylic acids is 1. The van der Waals surface area contributed by atoms with E-state index >= 15 is 0 Å². The van der Waals surface area contributed by atoms with Crippen molar-refractivity contribution in [3.8, 4) is 6.07 Å². The highest BCUT2D eigenvalue weighted by molar-refractivity contribution is 6.76. The summed E-state index contributed by atoms with van der Waals surface area (Å²) in [5, 5.41) is 21.8. The van der Waals surface area contributed by atoms with Gasteiger partial charge in [-0.25, -0.2) is 15.0 Å². The van der Waals surface area contributed by atoms with Crippen molar-refractivity contribution >= 4 is 26.2 Å². The molecule has 11 heteroatoms. The first-order valence-electron chi connectivity index (χ1n) is 10.0. The van der Waals surface area contributed by atoms with Crippen molar-refractivity contribution in [2.75, 3.05) is 6.61 Å². The van der Waals surface area contributed by atoms with Crippen molar-refractivity contribution < 1.29 is 29.0 Å². The molecular formula is C19H34N4O6Si. The van der Waals surface area contributed by atoms with Gasteiger partial charge in [0.05, 0.1) is 18.7 Å². The van der Waals surface area contributed by atoms with Gasteiger partial charge in [0, 0.05) is 14.0 Å². The summed E-state index contributed by atoms with van der Waals surface area (Å²) in [7, 11) is -1.38. The van der Waals surface area contributed by atoms with E-state index in [0.29, 0.717) is 6.42 Å². The number of carbonyl (C=O) groups is 3. The summed E-state index contributed by atoms with van der Waals surface area (Å²) >= 11 is 0. The Bertz CT molecular complexity index is 682. The molecule has 0 heterocycles. The standard InChI is InChI=1S/C19H34N4O6Si/c1-18(2,3)29-16(26)21-14-11-13(12-20)7-8-19(14,15(24)25)23-22-17(27)28-9-10-30(4,5)6/h13-14,23H,7-11H2,1-6H3,(H,21,26)(H,22,27)(H,24,25). The first-order valence-corrected chi connectivity index (χ1v) is 13.7. The number of aliphatic carboxylic acids is 1. The number of amides is 2. The molecule has 0 saturated heterocycles. The number of carbonyl (C=O) groups excluding carboxylic acids is 2. The first-order chi connectivity index (χ1) is 13.7. The summed E-state index contributed by atoms with van der Waals surface area (Å²) in [6, 6.07) is 1.91. The van der Waals surface area contributed by atoms with E-state index in [-0.39, 0.29) is 19.4 Å². The van der Waals surface area contributed by atoms with E-state index in [1.54, 1.807) is 20.8 Å². The number of rotatable bonds is 7. The Morgan fingerprint density at radius 2 is 1.87 bits per heavy atom. The van der Waals surface area contributed by atoms with Crippen molar-refractivity contribution in [3.05, 3.63) is 0 Å². The number of carboxylic acid groups (broad SMARTS) is 1. The average Bonchev–Trinajstić information content (AvgIpc) is 2.57. The summed E-state index contributed by atoms with van der Waals surface area (Å²) in [4.78, 5) is 36.5. The summed E-state index contributed by atoms with van der Waals surface area (Å²) in [5.41, 5.74) is 2.37. The Morgan fingerprint density at radius 3 is 2.37 bits per heavy atom. The van der Waals surface area contributed by atoms with Gasteiger partial charge in [-0.3, -0.25) is 10.2 Å². The Balaban J connectivity index is 2.89. The number of nitrogens with one attached hydrogen (secondary N) is 3. The van der Waals surface area contributed by atoms with Crippen LogP contribution >= 0.6 is 0 Å². The number of nitriles is 1. The van der Waals surface area contributed by atoms with E-state index < -0.39 is 49.3 Å². The van der Waals surface area contributed by atoms with Gasteiger partial charge in [0.1, 0.15) is 5.60 Å². The highest BCUT2D eigenvalue weighted by Crippen LogP contribution is 2.32. The minimum atomic E-state index is -1.71. The lowest BCUT2D eigenvalue weighted by Crippen LogP contribution is -2.71. The highest BCUT2D eigenvalue weighted by Gasteiger charge is 2.51. The molecule has 1 saturated carbocycles. The van der Waals surface area contributed by atoms with E-state index in [2.05, 4.69) is 41.9 Å². The zero-order chi connectivity index (χ0) is 23.2. The molecule has 3 unspecified atom stereocenters. The Morgan fingerprint density at radius 1 is 1.23 bits per heavy atom. The number of hydrazine groups is 1. The van der Waals surface area contributed by atoms with Crippen LogP contribution in [0.5, 0.6) is 0 Å². The maximum absolute atomic E-state index is 12.3. The van der Waals surface area contributed by atoms with Crippen molar-refractivity contribution in [3.63, 3.8) is 0 Å². The molecular weight excluding hydrogens is 408 g/mol. The summed E-state index contributed by atoms with van der Waals surface area (Å²) in [6.07, 6.45) is -1.17. The fourth-order valence-electron chi connectivity index (χ4n) is 3.04. The lowest BCUT2D eigenvalue weighted by atomic mass is 9.73. The van der Waals surface area contributed by atoms with Gasteiger partial charge in [-0.2, -0.15) is 5.26 Å². The van der Waals surface area contributed by atoms with Crippen molar-refractivity contribution in [2.45, 2.75) is 82.9 Å². The third-order valence-corrected chi connectivity index (χ3v) is 6.43. The summed E-state index contributed by atoms with van der Waals surface area (Å²) < 4.78 is 10.4. The van der Waals surface area contributed by atoms with E-state index in [0.717, 1.165) is 6.04 Å². The van der Waals surface area contributed by atoms with Crippen LogP contribution in [0.15, 0.2) is 0 Å². The van der Waals surface area contributed by atoms with E-state index in [4.69, 9.17) is 9.47 Å². The Kier molecular flexibility index (Phi) is 8.68. The lowest BCUT2D eigenvalue weighted by molar-refractivity contribution is -0.148. The number of nitrogens with zero attached hydrogens (tertiary/aromatic N) is 1. The Hall–Kier alpha value is -2.32. The molecule has 0 radical (unpaired) electrons. The van der Waals surface area contributed by atoms with E-state index in [1.165, 1.54) is 0 Å². The zero-order valence-electron chi connectivity index (χ0n) is 18.6. The molecule has 0 aromatic heterocycles. The monoisotopic (exact) mass is 442 g/mol. The van der Waals surface area contributed by atoms with Gasteiger partial charge in [-0.05, 0) is 46.1 Å². The highest BCUT2D eigenvalue weighted by atomic mass is 28.3. The van der Waals surface area contributed by atoms with Crippen LogP contribution in [-0.2, 0) is 14.3 Å². The largest absolute Gasteiger partial charge is 0.480 e. The van der Waals surface area contributed by atoms with Crippen LogP contribution in [0, 0.1) is 17.2 Å². The van der Waals surface area contributed by atoms with Gasteiger partial charge in [0.15, 0.2) is 5.54 Å². The van der Waals surface area contributed by atoms with Crippen LogP contribution in [0.4, 0.5) is 9.59 Å². The third-order valence-electron chi connectivity index (χ3n) is 4.73. The van der Waals surface area contributed by atoms with Gasteiger partial charge in [-0.1, -0.05) is 19.6 Å². The van der Waals surface area contributed by atoms with Crippen LogP contribution in [-0.4, -0.2) is 55.1 Å². The van der Waals surface area contributed by atoms with Crippen LogP contribution in [0.3, 0.4) is 0 Å². The number of ether oxygens (including phenoxy) is 2. The van der Waals surface area contributed by atoms with E-state index in [9.17, 15) is 24.8 Å². The second kappa shape index (κ2) is 10.1. The molecule has 10 nitrogen and oxygen atoms in total. The molecule has 1 aliphatic carbocycles. The average molecular weight is 443 g/mol. The molecule has 0 aromatic carbocycles. The third kappa shape index (κ3) is 8.20. The topological polar surface area (TPSA) is 150 Å². The van der Waals surface area contributed by atoms with Crippen LogP contribution in [0.2, 0.25) is 25.7 Å². The molecule has 0 aromatic rings. The second-order valence-corrected chi connectivity index (χ2v) is 15.4. The zero-order valence-corrected chi connectivity index (χ0v) is 19.6. The quantitative estimate of drug-likeness (QED) is 0.347. The molecule has 1 fully saturated rings. The molecule has 0 bridgehead atoms. The Labute approximate surface area is 178 Å². The molecule has 0 aliphatic heterocycles. The molecule has 2 amide bonds. The minimum Gasteiger partial charge on any atom is -0.480 e. The SMILES string of the molecule is CC(C)(C)OC(=O)NC1CC(C#N)CCC1(NNC(=O)OCC[Si](C)(C)C)C(=O)O. The molecule has 30 heavy (non-hydrogen) atoms. The van der Waals surface area contributed by atoms with Crippen molar-refractivity contribution in [2.24, 2.45) is 5.92 Å². The molecule has 1 aliphatic rings. The van der Waals surface area contributed by atoms with Crippen LogP contribution in [0.1, 0.15) is 40.0 Å². The first kappa shape index (κ1) is 25.7. The predicted molar refractivity (Wildman–Crippen MR) is 112 cm³/mol. The fraction of sp³-hybridized carbons (Fsp3) is 0.789. The van der Waals surface area contributed by atoms with Gasteiger partial charge >= 0.3 is 18.2 Å². The van der Waals surface area contributed by atoms with Gasteiger partial charge < -0.3 is 19.9 Å². The molecule has 0 spiro atoms. The van der Waals surface area contributed by atoms with Crippen molar-refractivity contribution in [1.82, 2.24) is 16.2 Å². The van der Waals surface area contributed by atoms with Crippen LogP contribution in [0.25, 0.3) is 0 Å². The van der Waals surface area contributed by atoms with Crippen molar-refractivity contribution in [1.29, 1.82) is 5.26 Å². The number of hydrogen-bond acceptors (Lipinski definition) is 7. The normalized spacial score (nSPS) is 24.3. The number of hydrogen-bond donors (Lipinski definition) is 4. The fourth-order valence-corrected chi connectivity index (χ4v) is 3.75. The molecule has 1 rings (SSSR count). The number of alkyl carbamates (subject to hydrolysis) is 1. The minimum absolute atomic E-state index is 0.0240. The predicted octanol–water partition coefficient (Wildman–Crippen LogP) is 2.60. The smallest absolute Gasteiger partial charge is 0.421 e. The molecule has 170 valence electrons. The van der Waals surface area contributed by atoms with Gasteiger partial charge in [0.2, 0.25) is 0 Å². The summed E-state index contributed by atoms with van der Waals surface area (Å²) in [5.74, 6) is -1.69. The van der Waals surface area contributed by atoms with Crippen LogP contribution < -0.4 is 16.2 Å². The van der Waals surface area contributed by atoms with E-state index in [1.807, 2.05) is 0 Å². The van der Waals surface area contributed by atoms with Gasteiger partial charge in [0.25, 0.3) is 0 Å². The second-order valence-electron chi connectivity index (χ2n) is 9.77. The maximum atomic E-state index is 12.3. The lowest BCUT2D eigenvalue weighted by Gasteiger charge is -2.42. The maximum Gasteiger partial charge on any atom is 0.421 e.